The molecule has 1 saturated carbocycles. The Morgan fingerprint density at radius 1 is 0.746 bits per heavy atom. The molecule has 328 valence electrons. The molecular formula is C52H59N4O5PS. The summed E-state index contributed by atoms with van der Waals surface area (Å²) in [5.41, 5.74) is 7.74. The van der Waals surface area contributed by atoms with Crippen LogP contribution in [-0.2, 0) is 23.3 Å². The molecule has 5 aromatic carbocycles. The molecule has 0 heterocycles. The molecule has 5 aromatic rings. The summed E-state index contributed by atoms with van der Waals surface area (Å²) in [7, 11) is -1.37. The highest BCUT2D eigenvalue weighted by Crippen LogP contribution is 2.50. The van der Waals surface area contributed by atoms with Crippen molar-refractivity contribution in [1.29, 1.82) is 5.26 Å². The van der Waals surface area contributed by atoms with Crippen molar-refractivity contribution < 1.29 is 23.4 Å². The Kier molecular flexibility index (Phi) is 16.1. The maximum Gasteiger partial charge on any atom is 0.407 e. The van der Waals surface area contributed by atoms with E-state index in [0.29, 0.717) is 25.9 Å². The van der Waals surface area contributed by atoms with Gasteiger partial charge in [0.25, 0.3) is 8.53 Å². The molecule has 2 aliphatic carbocycles. The van der Waals surface area contributed by atoms with Crippen LogP contribution in [0, 0.1) is 11.3 Å². The summed E-state index contributed by atoms with van der Waals surface area (Å²) in [6.07, 6.45) is 2.55. The second kappa shape index (κ2) is 22.1. The van der Waals surface area contributed by atoms with Crippen LogP contribution in [-0.4, -0.2) is 65.9 Å². The minimum absolute atomic E-state index is 0.0418. The molecule has 63 heavy (non-hydrogen) atoms. The van der Waals surface area contributed by atoms with E-state index in [0.717, 1.165) is 51.8 Å². The molecule has 0 aromatic heterocycles. The Labute approximate surface area is 378 Å². The van der Waals surface area contributed by atoms with E-state index in [1.165, 1.54) is 0 Å². The molecule has 0 radical (unpaired) electrons. The molecule has 0 spiro atoms. The lowest BCUT2D eigenvalue weighted by Gasteiger charge is -2.39. The van der Waals surface area contributed by atoms with Gasteiger partial charge in [-0.05, 0) is 92.3 Å². The number of hydrogen-bond donors (Lipinski definition) is 2. The van der Waals surface area contributed by atoms with Crippen LogP contribution >= 0.6 is 20.3 Å². The summed E-state index contributed by atoms with van der Waals surface area (Å²) in [6, 6.07) is 49.1. The van der Waals surface area contributed by atoms with Crippen molar-refractivity contribution in [2.24, 2.45) is 0 Å². The second-order valence-electron chi connectivity index (χ2n) is 16.7. The van der Waals surface area contributed by atoms with E-state index in [-0.39, 0.29) is 48.4 Å². The molecule has 0 aliphatic heterocycles. The highest BCUT2D eigenvalue weighted by Gasteiger charge is 2.40. The molecule has 0 saturated heterocycles. The van der Waals surface area contributed by atoms with Crippen LogP contribution in [0.5, 0.6) is 0 Å². The molecule has 11 heteroatoms. The third-order valence-corrected chi connectivity index (χ3v) is 15.7. The SMILES string of the molecule is CC(C)N(C(C)C)P(OCCC#N)OC1CCC(NC(=O)[C@H](CSC(c2ccccc2)(c2ccccc2)c2ccccc2)NC(=O)OCC2c3ccccc3-c3ccccc32)CC1. The van der Waals surface area contributed by atoms with Gasteiger partial charge in [-0.1, -0.05) is 140 Å². The summed E-state index contributed by atoms with van der Waals surface area (Å²) >= 11 is 1.63. The molecule has 2 N–H and O–H groups in total. The monoisotopic (exact) mass is 882 g/mol. The molecule has 1 unspecified atom stereocenters. The topological polar surface area (TPSA) is 113 Å². The highest BCUT2D eigenvalue weighted by atomic mass is 32.2. The number of fused-ring (bicyclic) bond motifs is 3. The zero-order valence-electron chi connectivity index (χ0n) is 36.7. The van der Waals surface area contributed by atoms with Crippen LogP contribution in [0.15, 0.2) is 140 Å². The molecule has 2 atom stereocenters. The number of ether oxygens (including phenoxy) is 1. The number of nitrogens with one attached hydrogen (secondary N) is 2. The summed E-state index contributed by atoms with van der Waals surface area (Å²) in [5, 5.41) is 15.5. The number of hydrogen-bond acceptors (Lipinski definition) is 8. The quantitative estimate of drug-likeness (QED) is 0.0479. The summed E-state index contributed by atoms with van der Waals surface area (Å²) < 4.78 is 20.4. The van der Waals surface area contributed by atoms with Gasteiger partial charge in [-0.3, -0.25) is 4.79 Å². The Bertz CT molecular complexity index is 2130. The largest absolute Gasteiger partial charge is 0.449 e. The van der Waals surface area contributed by atoms with E-state index in [2.05, 4.69) is 110 Å². The van der Waals surface area contributed by atoms with Crippen molar-refractivity contribution in [3.63, 3.8) is 0 Å². The Hall–Kier alpha value is -5.01. The van der Waals surface area contributed by atoms with Crippen LogP contribution in [0.25, 0.3) is 11.1 Å². The molecule has 9 nitrogen and oxygen atoms in total. The number of alkyl carbamates (subject to hydrolysis) is 1. The third kappa shape index (κ3) is 11.0. The minimum atomic E-state index is -1.37. The second-order valence-corrected chi connectivity index (χ2v) is 19.4. The van der Waals surface area contributed by atoms with Gasteiger partial charge >= 0.3 is 6.09 Å². The van der Waals surface area contributed by atoms with Crippen molar-refractivity contribution in [1.82, 2.24) is 15.3 Å². The van der Waals surface area contributed by atoms with Crippen molar-refractivity contribution in [2.75, 3.05) is 19.0 Å². The van der Waals surface area contributed by atoms with Gasteiger partial charge in [0.1, 0.15) is 12.6 Å². The molecule has 1 fully saturated rings. The lowest BCUT2D eigenvalue weighted by atomic mass is 9.84. The average Bonchev–Trinajstić information content (AvgIpc) is 3.63. The fourth-order valence-corrected chi connectivity index (χ4v) is 12.3. The fourth-order valence-electron chi connectivity index (χ4n) is 8.98. The molecule has 7 rings (SSSR count). The van der Waals surface area contributed by atoms with Gasteiger partial charge in [-0.25, -0.2) is 9.46 Å². The van der Waals surface area contributed by atoms with E-state index < -0.39 is 25.4 Å². The third-order valence-electron chi connectivity index (χ3n) is 11.9. The van der Waals surface area contributed by atoms with Gasteiger partial charge in [0, 0.05) is 29.8 Å². The Morgan fingerprint density at radius 3 is 1.73 bits per heavy atom. The number of thioether (sulfide) groups is 1. The first-order valence-electron chi connectivity index (χ1n) is 22.2. The van der Waals surface area contributed by atoms with Crippen molar-refractivity contribution >= 4 is 32.3 Å². The van der Waals surface area contributed by atoms with Crippen LogP contribution in [0.3, 0.4) is 0 Å². The number of carbonyl (C=O) groups excluding carboxylic acids is 2. The summed E-state index contributed by atoms with van der Waals surface area (Å²) in [6.45, 7) is 8.99. The maximum atomic E-state index is 14.6. The smallest absolute Gasteiger partial charge is 0.407 e. The Morgan fingerprint density at radius 2 is 1.24 bits per heavy atom. The number of amides is 2. The Balaban J connectivity index is 1.10. The van der Waals surface area contributed by atoms with Crippen LogP contribution in [0.4, 0.5) is 4.79 Å². The zero-order chi connectivity index (χ0) is 44.2. The number of rotatable bonds is 19. The summed E-state index contributed by atoms with van der Waals surface area (Å²) in [4.78, 5) is 28.6. The molecular weight excluding hydrogens is 824 g/mol. The fraction of sp³-hybridized carbons (Fsp3) is 0.365. The summed E-state index contributed by atoms with van der Waals surface area (Å²) in [5.74, 6) is -0.107. The molecule has 2 amide bonds. The first kappa shape index (κ1) is 46.0. The van der Waals surface area contributed by atoms with E-state index >= 15 is 0 Å². The van der Waals surface area contributed by atoms with Gasteiger partial charge in [-0.15, -0.1) is 11.8 Å². The molecule has 0 bridgehead atoms. The van der Waals surface area contributed by atoms with Crippen LogP contribution in [0.2, 0.25) is 0 Å². The predicted molar refractivity (Wildman–Crippen MR) is 254 cm³/mol. The van der Waals surface area contributed by atoms with Crippen molar-refractivity contribution in [3.8, 4) is 17.2 Å². The molecule has 2 aliphatic rings. The minimum Gasteiger partial charge on any atom is -0.449 e. The van der Waals surface area contributed by atoms with Gasteiger partial charge < -0.3 is 24.4 Å². The van der Waals surface area contributed by atoms with Crippen molar-refractivity contribution in [2.45, 2.75) is 101 Å². The lowest BCUT2D eigenvalue weighted by molar-refractivity contribution is -0.123. The van der Waals surface area contributed by atoms with Crippen molar-refractivity contribution in [3.05, 3.63) is 167 Å². The van der Waals surface area contributed by atoms with Gasteiger partial charge in [-0.2, -0.15) is 5.26 Å². The van der Waals surface area contributed by atoms with Gasteiger partial charge in [0.05, 0.1) is 29.9 Å². The van der Waals surface area contributed by atoms with Crippen LogP contribution < -0.4 is 10.6 Å². The maximum absolute atomic E-state index is 14.6. The number of nitriles is 1. The normalized spacial score (nSPS) is 17.1. The highest BCUT2D eigenvalue weighted by molar-refractivity contribution is 8.00. The van der Waals surface area contributed by atoms with E-state index in [4.69, 9.17) is 19.0 Å². The van der Waals surface area contributed by atoms with E-state index in [9.17, 15) is 9.59 Å². The van der Waals surface area contributed by atoms with E-state index in [1.54, 1.807) is 11.8 Å². The van der Waals surface area contributed by atoms with Crippen LogP contribution in [0.1, 0.15) is 93.5 Å². The zero-order valence-corrected chi connectivity index (χ0v) is 38.4. The number of carbonyl (C=O) groups is 2. The number of benzene rings is 5. The standard InChI is InChI=1S/C52H59N4O5PS/c1-37(2)56(38(3)4)62(60-34-18-33-53)61-43-31-29-42(30-32-43)54-50(57)49(55-51(58)59-35-48-46-27-16-14-25-44(46)45-26-15-17-28-47(45)48)36-63-52(39-19-8-5-9-20-39,40-21-10-6-11-22-40)41-23-12-7-13-24-41/h5-17,19-28,37-38,42-43,48-49H,18,29-32,34-36H2,1-4H3,(H,54,57)(H,55,58)/t42?,43?,49-,62?/m0/s1. The predicted octanol–water partition coefficient (Wildman–Crippen LogP) is 11.3. The van der Waals surface area contributed by atoms with Gasteiger partial charge in [0.15, 0.2) is 0 Å². The first-order chi connectivity index (χ1) is 30.7. The lowest BCUT2D eigenvalue weighted by Crippen LogP contribution is -2.52. The van der Waals surface area contributed by atoms with Gasteiger partial charge in [0.2, 0.25) is 5.91 Å². The first-order valence-corrected chi connectivity index (χ1v) is 24.3. The van der Waals surface area contributed by atoms with E-state index in [1.807, 2.05) is 78.9 Å². The number of nitrogens with zero attached hydrogens (tertiary/aromatic N) is 2. The average molecular weight is 883 g/mol.